The van der Waals surface area contributed by atoms with Gasteiger partial charge in [-0.15, -0.1) is 0 Å². The van der Waals surface area contributed by atoms with Crippen LogP contribution in [0.3, 0.4) is 0 Å². The van der Waals surface area contributed by atoms with E-state index in [1.165, 1.54) is 44.9 Å². The summed E-state index contributed by atoms with van der Waals surface area (Å²) in [5, 5.41) is 9.00. The van der Waals surface area contributed by atoms with E-state index in [2.05, 4.69) is 6.92 Å². The van der Waals surface area contributed by atoms with Gasteiger partial charge in [-0.25, -0.2) is 0 Å². The van der Waals surface area contributed by atoms with Crippen molar-refractivity contribution in [2.75, 3.05) is 6.61 Å². The first-order chi connectivity index (χ1) is 10.1. The van der Waals surface area contributed by atoms with Crippen LogP contribution in [0.4, 0.5) is 0 Å². The van der Waals surface area contributed by atoms with Gasteiger partial charge < -0.3 is 14.6 Å². The Hall–Kier alpha value is -0.610. The fourth-order valence-corrected chi connectivity index (χ4v) is 2.58. The lowest BCUT2D eigenvalue weighted by molar-refractivity contribution is -0.146. The number of hydrogen-bond donors (Lipinski definition) is 1. The first-order valence-corrected chi connectivity index (χ1v) is 8.62. The van der Waals surface area contributed by atoms with Crippen LogP contribution < -0.4 is 0 Å². The van der Waals surface area contributed by atoms with Crippen LogP contribution in [0, 0.1) is 0 Å². The quantitative estimate of drug-likeness (QED) is 0.321. The van der Waals surface area contributed by atoms with Gasteiger partial charge in [-0.1, -0.05) is 45.4 Å². The van der Waals surface area contributed by atoms with Gasteiger partial charge in [0, 0.05) is 6.42 Å². The molecule has 1 rings (SSSR count). The van der Waals surface area contributed by atoms with Crippen molar-refractivity contribution in [2.24, 2.45) is 0 Å². The summed E-state index contributed by atoms with van der Waals surface area (Å²) in [6.45, 7) is 3.93. The number of ether oxygens (including phenoxy) is 2. The van der Waals surface area contributed by atoms with Crippen molar-refractivity contribution in [3.8, 4) is 0 Å². The van der Waals surface area contributed by atoms with Crippen molar-refractivity contribution < 1.29 is 19.4 Å². The standard InChI is InChI=1S/C17H32O4/c1-3-10-15-16(21-15)11-8-6-4-5-7-9-12-17(19)20-13-14(2)18/h14-16,18H,3-13H2,1-2H3. The van der Waals surface area contributed by atoms with E-state index in [4.69, 9.17) is 14.6 Å². The smallest absolute Gasteiger partial charge is 0.305 e. The molecule has 0 aromatic rings. The molecule has 4 nitrogen and oxygen atoms in total. The highest BCUT2D eigenvalue weighted by atomic mass is 16.6. The normalized spacial score (nSPS) is 22.0. The zero-order valence-electron chi connectivity index (χ0n) is 13.7. The van der Waals surface area contributed by atoms with Crippen LogP contribution in [-0.4, -0.2) is 36.0 Å². The predicted molar refractivity (Wildman–Crippen MR) is 83.1 cm³/mol. The number of carbonyl (C=O) groups is 1. The number of unbranched alkanes of at least 4 members (excludes halogenated alkanes) is 5. The molecule has 0 aliphatic carbocycles. The molecule has 0 spiro atoms. The Bertz CT molecular complexity index is 278. The SMILES string of the molecule is CCCC1OC1CCCCCCCCC(=O)OCC(C)O. The first kappa shape index (κ1) is 18.4. The number of epoxide rings is 1. The maximum Gasteiger partial charge on any atom is 0.305 e. The van der Waals surface area contributed by atoms with E-state index in [1.807, 2.05) is 0 Å². The van der Waals surface area contributed by atoms with Crippen LogP contribution in [0.15, 0.2) is 0 Å². The second-order valence-electron chi connectivity index (χ2n) is 6.19. The lowest BCUT2D eigenvalue weighted by Gasteiger charge is -2.06. The molecule has 1 saturated heterocycles. The van der Waals surface area contributed by atoms with Gasteiger partial charge in [-0.05, 0) is 26.2 Å². The average molecular weight is 300 g/mol. The summed E-state index contributed by atoms with van der Waals surface area (Å²) < 4.78 is 10.5. The van der Waals surface area contributed by atoms with Crippen molar-refractivity contribution in [2.45, 2.75) is 96.4 Å². The molecule has 1 aliphatic rings. The van der Waals surface area contributed by atoms with E-state index in [-0.39, 0.29) is 12.6 Å². The largest absolute Gasteiger partial charge is 0.463 e. The summed E-state index contributed by atoms with van der Waals surface area (Å²) in [5.74, 6) is -0.191. The zero-order valence-corrected chi connectivity index (χ0v) is 13.7. The second-order valence-corrected chi connectivity index (χ2v) is 6.19. The first-order valence-electron chi connectivity index (χ1n) is 8.62. The molecule has 0 aromatic heterocycles. The maximum absolute atomic E-state index is 11.3. The molecule has 3 unspecified atom stereocenters. The number of rotatable bonds is 13. The van der Waals surface area contributed by atoms with Crippen LogP contribution >= 0.6 is 0 Å². The number of aliphatic hydroxyl groups is 1. The third-order valence-corrected chi connectivity index (χ3v) is 3.87. The van der Waals surface area contributed by atoms with Gasteiger partial charge in [0.25, 0.3) is 0 Å². The number of carbonyl (C=O) groups excluding carboxylic acids is 1. The Kier molecular flexibility index (Phi) is 9.68. The molecule has 0 aromatic carbocycles. The molecule has 1 aliphatic heterocycles. The number of hydrogen-bond acceptors (Lipinski definition) is 4. The minimum absolute atomic E-state index is 0.112. The molecule has 0 amide bonds. The van der Waals surface area contributed by atoms with E-state index in [9.17, 15) is 4.79 Å². The van der Waals surface area contributed by atoms with Crippen LogP contribution in [-0.2, 0) is 14.3 Å². The molecule has 4 heteroatoms. The molecule has 0 bridgehead atoms. The number of esters is 1. The van der Waals surface area contributed by atoms with Crippen molar-refractivity contribution in [1.82, 2.24) is 0 Å². The fourth-order valence-electron chi connectivity index (χ4n) is 2.58. The van der Waals surface area contributed by atoms with Gasteiger partial charge >= 0.3 is 5.97 Å². The van der Waals surface area contributed by atoms with Crippen molar-refractivity contribution in [3.05, 3.63) is 0 Å². The third-order valence-electron chi connectivity index (χ3n) is 3.87. The molecule has 21 heavy (non-hydrogen) atoms. The van der Waals surface area contributed by atoms with Crippen molar-refractivity contribution >= 4 is 5.97 Å². The van der Waals surface area contributed by atoms with Crippen molar-refractivity contribution in [3.63, 3.8) is 0 Å². The van der Waals surface area contributed by atoms with E-state index in [0.29, 0.717) is 18.6 Å². The molecule has 0 radical (unpaired) electrons. The van der Waals surface area contributed by atoms with Gasteiger partial charge in [0.2, 0.25) is 0 Å². The van der Waals surface area contributed by atoms with Gasteiger partial charge in [-0.2, -0.15) is 0 Å². The summed E-state index contributed by atoms with van der Waals surface area (Å²) in [6, 6.07) is 0. The Labute approximate surface area is 129 Å². The van der Waals surface area contributed by atoms with Crippen LogP contribution in [0.2, 0.25) is 0 Å². The predicted octanol–water partition coefficient (Wildman–Crippen LogP) is 3.60. The molecular weight excluding hydrogens is 268 g/mol. The van der Waals surface area contributed by atoms with Crippen LogP contribution in [0.5, 0.6) is 0 Å². The highest BCUT2D eigenvalue weighted by molar-refractivity contribution is 5.69. The lowest BCUT2D eigenvalue weighted by atomic mass is 10.1. The van der Waals surface area contributed by atoms with E-state index in [1.54, 1.807) is 6.92 Å². The monoisotopic (exact) mass is 300 g/mol. The summed E-state index contributed by atoms with van der Waals surface area (Å²) in [7, 11) is 0. The Morgan fingerprint density at radius 2 is 1.71 bits per heavy atom. The van der Waals surface area contributed by atoms with Gasteiger partial charge in [-0.3, -0.25) is 4.79 Å². The molecule has 1 fully saturated rings. The second kappa shape index (κ2) is 11.0. The molecule has 1 N–H and O–H groups in total. The van der Waals surface area contributed by atoms with E-state index >= 15 is 0 Å². The molecule has 1 heterocycles. The van der Waals surface area contributed by atoms with Crippen molar-refractivity contribution in [1.29, 1.82) is 0 Å². The fraction of sp³-hybridized carbons (Fsp3) is 0.941. The minimum atomic E-state index is -0.568. The zero-order chi connectivity index (χ0) is 15.5. The Balaban J connectivity index is 1.78. The van der Waals surface area contributed by atoms with Gasteiger partial charge in [0.1, 0.15) is 6.61 Å². The van der Waals surface area contributed by atoms with Gasteiger partial charge in [0.05, 0.1) is 18.3 Å². The van der Waals surface area contributed by atoms with Crippen LogP contribution in [0.1, 0.15) is 78.1 Å². The summed E-state index contributed by atoms with van der Waals surface area (Å²) in [5.41, 5.74) is 0. The van der Waals surface area contributed by atoms with Gasteiger partial charge in [0.15, 0.2) is 0 Å². The highest BCUT2D eigenvalue weighted by Gasteiger charge is 2.36. The summed E-state index contributed by atoms with van der Waals surface area (Å²) >= 11 is 0. The average Bonchev–Trinajstić information content (AvgIpc) is 3.18. The molecule has 0 saturated carbocycles. The minimum Gasteiger partial charge on any atom is -0.463 e. The Morgan fingerprint density at radius 1 is 1.10 bits per heavy atom. The molecule has 3 atom stereocenters. The summed E-state index contributed by atoms with van der Waals surface area (Å²) in [6.07, 6.45) is 11.6. The highest BCUT2D eigenvalue weighted by Crippen LogP contribution is 2.30. The third kappa shape index (κ3) is 9.86. The maximum atomic E-state index is 11.3. The van der Waals surface area contributed by atoms with Crippen LogP contribution in [0.25, 0.3) is 0 Å². The Morgan fingerprint density at radius 3 is 2.38 bits per heavy atom. The topological polar surface area (TPSA) is 59.1 Å². The van der Waals surface area contributed by atoms with E-state index in [0.717, 1.165) is 12.8 Å². The van der Waals surface area contributed by atoms with E-state index < -0.39 is 6.10 Å². The molecule has 124 valence electrons. The number of aliphatic hydroxyl groups excluding tert-OH is 1. The lowest BCUT2D eigenvalue weighted by Crippen LogP contribution is -2.14. The molecular formula is C17H32O4. The summed E-state index contributed by atoms with van der Waals surface area (Å²) in [4.78, 5) is 11.3.